The summed E-state index contributed by atoms with van der Waals surface area (Å²) in [7, 11) is 0. The van der Waals surface area contributed by atoms with Gasteiger partial charge in [-0.15, -0.1) is 0 Å². The number of hydrogen-bond acceptors (Lipinski definition) is 7. The van der Waals surface area contributed by atoms with Crippen LogP contribution in [-0.4, -0.2) is 70.5 Å². The minimum absolute atomic E-state index is 0.0158. The van der Waals surface area contributed by atoms with Gasteiger partial charge in [0.1, 0.15) is 17.5 Å². The Labute approximate surface area is 193 Å². The molecular weight excluding hydrogens is 439 g/mol. The highest BCUT2D eigenvalue weighted by molar-refractivity contribution is 5.68. The Hall–Kier alpha value is -2.11. The molecule has 2 heterocycles. The van der Waals surface area contributed by atoms with E-state index >= 15 is 0 Å². The first-order valence-corrected chi connectivity index (χ1v) is 11.0. The second-order valence-electron chi connectivity index (χ2n) is 10.1. The molecule has 11 heteroatoms. The summed E-state index contributed by atoms with van der Waals surface area (Å²) in [6.45, 7) is 11.6. The van der Waals surface area contributed by atoms with Gasteiger partial charge in [0.15, 0.2) is 0 Å². The number of likely N-dealkylation sites (tertiary alicyclic amines) is 1. The first kappa shape index (κ1) is 27.1. The molecule has 0 bridgehead atoms. The van der Waals surface area contributed by atoms with Crippen LogP contribution in [0.25, 0.3) is 0 Å². The fraction of sp³-hybridized carbons (Fsp3) is 0.727. The third kappa shape index (κ3) is 8.31. The van der Waals surface area contributed by atoms with Crippen LogP contribution in [-0.2, 0) is 9.47 Å². The molecule has 0 radical (unpaired) electrons. The van der Waals surface area contributed by atoms with Crippen LogP contribution in [0.2, 0.25) is 0 Å². The summed E-state index contributed by atoms with van der Waals surface area (Å²) >= 11 is 0. The van der Waals surface area contributed by atoms with Crippen LogP contribution in [0, 0.1) is 0 Å². The highest BCUT2D eigenvalue weighted by atomic mass is 19.4. The number of hydrogen-bond donors (Lipinski definition) is 2. The van der Waals surface area contributed by atoms with E-state index < -0.39 is 35.6 Å². The predicted octanol–water partition coefficient (Wildman–Crippen LogP) is 4.10. The van der Waals surface area contributed by atoms with Gasteiger partial charge >= 0.3 is 12.3 Å². The molecule has 1 aromatic rings. The molecule has 8 nitrogen and oxygen atoms in total. The summed E-state index contributed by atoms with van der Waals surface area (Å²) in [6, 6.07) is 0.480. The number of halogens is 3. The number of carbonyl (C=O) groups excluding carboxylic acids is 1. The van der Waals surface area contributed by atoms with E-state index in [1.807, 2.05) is 20.8 Å². The van der Waals surface area contributed by atoms with Crippen LogP contribution in [0.3, 0.4) is 0 Å². The van der Waals surface area contributed by atoms with Gasteiger partial charge in [0.2, 0.25) is 0 Å². The van der Waals surface area contributed by atoms with Crippen molar-refractivity contribution in [1.29, 1.82) is 0 Å². The monoisotopic (exact) mass is 475 g/mol. The van der Waals surface area contributed by atoms with Gasteiger partial charge < -0.3 is 19.8 Å². The molecule has 188 valence electrons. The number of carbonyl (C=O) groups is 1. The Morgan fingerprint density at radius 3 is 2.39 bits per heavy atom. The van der Waals surface area contributed by atoms with Crippen molar-refractivity contribution in [2.75, 3.05) is 31.7 Å². The zero-order valence-electron chi connectivity index (χ0n) is 20.2. The maximum Gasteiger partial charge on any atom is 0.410 e. The smallest absolute Gasteiger partial charge is 0.410 e. The zero-order valence-corrected chi connectivity index (χ0v) is 20.2. The van der Waals surface area contributed by atoms with Crippen molar-refractivity contribution < 1.29 is 27.4 Å². The van der Waals surface area contributed by atoms with Crippen molar-refractivity contribution in [2.24, 2.45) is 5.84 Å². The van der Waals surface area contributed by atoms with Gasteiger partial charge in [0.25, 0.3) is 0 Å². The summed E-state index contributed by atoms with van der Waals surface area (Å²) in [5, 5.41) is 0. The van der Waals surface area contributed by atoms with Gasteiger partial charge in [0.05, 0.1) is 12.2 Å². The predicted molar refractivity (Wildman–Crippen MR) is 119 cm³/mol. The number of rotatable bonds is 7. The quantitative estimate of drug-likeness (QED) is 0.453. The molecule has 1 fully saturated rings. The maximum atomic E-state index is 14.0. The molecule has 1 amide bonds. The van der Waals surface area contributed by atoms with Crippen LogP contribution in [0.4, 0.5) is 23.8 Å². The van der Waals surface area contributed by atoms with Crippen molar-refractivity contribution in [1.82, 2.24) is 14.8 Å². The van der Waals surface area contributed by atoms with Crippen LogP contribution in [0.1, 0.15) is 59.6 Å². The lowest BCUT2D eigenvalue weighted by Gasteiger charge is -2.34. The molecule has 0 unspecified atom stereocenters. The van der Waals surface area contributed by atoms with Gasteiger partial charge in [-0.05, 0) is 59.6 Å². The summed E-state index contributed by atoms with van der Waals surface area (Å²) < 4.78 is 53.4. The molecular formula is C22H36F3N5O3. The number of nitrogens with zero attached hydrogens (tertiary/aromatic N) is 3. The fourth-order valence-electron chi connectivity index (χ4n) is 3.71. The molecule has 2 rings (SSSR count). The lowest BCUT2D eigenvalue weighted by molar-refractivity contribution is -0.184. The van der Waals surface area contributed by atoms with Gasteiger partial charge in [-0.3, -0.25) is 4.90 Å². The van der Waals surface area contributed by atoms with Gasteiger partial charge in [-0.1, -0.05) is 6.07 Å². The Kier molecular flexibility index (Phi) is 8.58. The Bertz CT molecular complexity index is 775. The Morgan fingerprint density at radius 1 is 1.24 bits per heavy atom. The van der Waals surface area contributed by atoms with Crippen LogP contribution in [0.5, 0.6) is 0 Å². The topological polar surface area (TPSA) is 93.0 Å². The minimum Gasteiger partial charge on any atom is -0.444 e. The summed E-state index contributed by atoms with van der Waals surface area (Å²) in [6.07, 6.45) is -3.52. The maximum absolute atomic E-state index is 14.0. The van der Waals surface area contributed by atoms with E-state index in [1.165, 1.54) is 28.1 Å². The van der Waals surface area contributed by atoms with E-state index in [2.05, 4.69) is 10.4 Å². The third-order valence-electron chi connectivity index (χ3n) is 5.06. The molecule has 1 saturated heterocycles. The number of hydrazine groups is 1. The van der Waals surface area contributed by atoms with Gasteiger partial charge in [-0.25, -0.2) is 15.6 Å². The molecule has 0 aromatic carbocycles. The third-order valence-corrected chi connectivity index (χ3v) is 5.06. The van der Waals surface area contributed by atoms with Gasteiger partial charge in [0, 0.05) is 31.9 Å². The normalized spacial score (nSPS) is 18.8. The van der Waals surface area contributed by atoms with E-state index in [4.69, 9.17) is 15.3 Å². The molecule has 1 aliphatic heterocycles. The number of aromatic nitrogens is 1. The molecule has 3 N–H and O–H groups in total. The standard InChI is InChI=1S/C22H36F3N5O3/c1-20(2,3)32-12-11-30(19(31)33-21(4,5)6)16-9-10-29(14-16)18(22(23,24)25)15-7-8-17(28-26)27-13-15/h7-8,13,16,18H,9-12,14,26H2,1-6H3,(H,27,28)/t16-,18+/m0/s1. The Morgan fingerprint density at radius 2 is 1.91 bits per heavy atom. The van der Waals surface area contributed by atoms with Crippen molar-refractivity contribution in [3.63, 3.8) is 0 Å². The van der Waals surface area contributed by atoms with Crippen LogP contribution < -0.4 is 11.3 Å². The number of pyridine rings is 1. The summed E-state index contributed by atoms with van der Waals surface area (Å²) in [5.74, 6) is 5.54. The molecule has 0 aliphatic carbocycles. The van der Waals surface area contributed by atoms with Crippen molar-refractivity contribution in [3.8, 4) is 0 Å². The molecule has 0 saturated carbocycles. The second-order valence-corrected chi connectivity index (χ2v) is 10.1. The highest BCUT2D eigenvalue weighted by Gasteiger charge is 2.48. The first-order valence-electron chi connectivity index (χ1n) is 11.0. The Balaban J connectivity index is 2.21. The molecule has 33 heavy (non-hydrogen) atoms. The average molecular weight is 476 g/mol. The zero-order chi connectivity index (χ0) is 25.0. The fourth-order valence-corrected chi connectivity index (χ4v) is 3.71. The molecule has 2 atom stereocenters. The van der Waals surface area contributed by atoms with E-state index in [1.54, 1.807) is 20.8 Å². The molecule has 1 aromatic heterocycles. The SMILES string of the molecule is CC(C)(C)OCCN(C(=O)OC(C)(C)C)[C@H]1CCN([C@H](c2ccc(NN)nc2)C(F)(F)F)C1. The first-order chi connectivity index (χ1) is 15.1. The van der Waals surface area contributed by atoms with Crippen LogP contribution >= 0.6 is 0 Å². The van der Waals surface area contributed by atoms with E-state index in [0.717, 1.165) is 0 Å². The summed E-state index contributed by atoms with van der Waals surface area (Å²) in [4.78, 5) is 19.6. The van der Waals surface area contributed by atoms with Crippen molar-refractivity contribution in [3.05, 3.63) is 23.9 Å². The number of nitrogen functional groups attached to an aromatic ring is 1. The summed E-state index contributed by atoms with van der Waals surface area (Å²) in [5.41, 5.74) is 1.20. The number of ether oxygens (including phenoxy) is 2. The minimum atomic E-state index is -4.51. The lowest BCUT2D eigenvalue weighted by Crippen LogP contribution is -2.47. The number of alkyl halides is 3. The number of amides is 1. The van der Waals surface area contributed by atoms with Crippen molar-refractivity contribution >= 4 is 11.9 Å². The molecule has 0 spiro atoms. The van der Waals surface area contributed by atoms with Crippen LogP contribution in [0.15, 0.2) is 18.3 Å². The second kappa shape index (κ2) is 10.4. The number of nitrogens with one attached hydrogen (secondary N) is 1. The largest absolute Gasteiger partial charge is 0.444 e. The molecule has 1 aliphatic rings. The van der Waals surface area contributed by atoms with E-state index in [9.17, 15) is 18.0 Å². The lowest BCUT2D eigenvalue weighted by atomic mass is 10.1. The number of nitrogens with two attached hydrogens (primary N) is 1. The highest BCUT2D eigenvalue weighted by Crippen LogP contribution is 2.40. The van der Waals surface area contributed by atoms with Crippen molar-refractivity contribution in [2.45, 2.75) is 77.4 Å². The van der Waals surface area contributed by atoms with E-state index in [-0.39, 0.29) is 37.6 Å². The average Bonchev–Trinajstić information content (AvgIpc) is 3.11. The van der Waals surface area contributed by atoms with Gasteiger partial charge in [-0.2, -0.15) is 13.2 Å². The van der Waals surface area contributed by atoms with E-state index in [0.29, 0.717) is 6.42 Å². The number of anilines is 1.